The van der Waals surface area contributed by atoms with Gasteiger partial charge in [-0.2, -0.15) is 0 Å². The Bertz CT molecular complexity index is 682. The van der Waals surface area contributed by atoms with E-state index < -0.39 is 5.60 Å². The monoisotopic (exact) mass is 302 g/mol. The third-order valence-corrected chi connectivity index (χ3v) is 3.29. The second-order valence-electron chi connectivity index (χ2n) is 5.30. The smallest absolute Gasteiger partial charge is 0.193 e. The predicted molar refractivity (Wildman–Crippen MR) is 82.0 cm³/mol. The number of ketones is 2. The fourth-order valence-corrected chi connectivity index (χ4v) is 2.11. The highest BCUT2D eigenvalue weighted by Gasteiger charge is 2.25. The molecule has 3 nitrogen and oxygen atoms in total. The van der Waals surface area contributed by atoms with Gasteiger partial charge in [-0.05, 0) is 26.0 Å². The van der Waals surface area contributed by atoms with Crippen LogP contribution in [0, 0.1) is 0 Å². The second kappa shape index (κ2) is 5.80. The van der Waals surface area contributed by atoms with Crippen LogP contribution in [0.5, 0.6) is 0 Å². The van der Waals surface area contributed by atoms with Gasteiger partial charge in [0.2, 0.25) is 0 Å². The number of Topliss-reactive ketones (excluding diaryl/α,β-unsaturated/α-hetero) is 1. The molecular weight excluding hydrogens is 288 g/mol. The lowest BCUT2D eigenvalue weighted by atomic mass is 9.95. The summed E-state index contributed by atoms with van der Waals surface area (Å²) in [7, 11) is 0. The quantitative estimate of drug-likeness (QED) is 0.879. The van der Waals surface area contributed by atoms with E-state index in [-0.39, 0.29) is 11.6 Å². The maximum absolute atomic E-state index is 12.3. The maximum Gasteiger partial charge on any atom is 0.193 e. The summed E-state index contributed by atoms with van der Waals surface area (Å²) in [6.07, 6.45) is 0. The Hall–Kier alpha value is -1.97. The molecule has 0 aromatic heterocycles. The first kappa shape index (κ1) is 15.4. The van der Waals surface area contributed by atoms with Gasteiger partial charge >= 0.3 is 0 Å². The van der Waals surface area contributed by atoms with Crippen LogP contribution in [0.1, 0.15) is 40.1 Å². The van der Waals surface area contributed by atoms with Crippen molar-refractivity contribution in [2.24, 2.45) is 0 Å². The fraction of sp³-hybridized carbons (Fsp3) is 0.176. The first-order chi connectivity index (χ1) is 9.79. The lowest BCUT2D eigenvalue weighted by Gasteiger charge is -2.15. The number of hydrogen-bond acceptors (Lipinski definition) is 3. The average Bonchev–Trinajstić information content (AvgIpc) is 2.45. The van der Waals surface area contributed by atoms with Gasteiger partial charge < -0.3 is 5.11 Å². The third-order valence-electron chi connectivity index (χ3n) is 3.05. The van der Waals surface area contributed by atoms with Gasteiger partial charge in [-0.1, -0.05) is 48.0 Å². The Balaban J connectivity index is 2.27. The van der Waals surface area contributed by atoms with Crippen molar-refractivity contribution in [2.75, 3.05) is 0 Å². The van der Waals surface area contributed by atoms with E-state index in [2.05, 4.69) is 0 Å². The molecule has 0 saturated heterocycles. The van der Waals surface area contributed by atoms with Crippen molar-refractivity contribution in [2.45, 2.75) is 19.4 Å². The van der Waals surface area contributed by atoms with E-state index >= 15 is 0 Å². The molecule has 0 bridgehead atoms. The summed E-state index contributed by atoms with van der Waals surface area (Å²) in [5.41, 5.74) is -0.114. The highest BCUT2D eigenvalue weighted by atomic mass is 35.5. The normalized spacial score (nSPS) is 11.2. The summed E-state index contributed by atoms with van der Waals surface area (Å²) >= 11 is 5.87. The highest BCUT2D eigenvalue weighted by Crippen LogP contribution is 2.17. The third kappa shape index (κ3) is 3.57. The zero-order chi connectivity index (χ0) is 15.6. The van der Waals surface area contributed by atoms with E-state index in [4.69, 9.17) is 11.6 Å². The van der Waals surface area contributed by atoms with Crippen LogP contribution in [0.4, 0.5) is 0 Å². The topological polar surface area (TPSA) is 54.4 Å². The van der Waals surface area contributed by atoms with Gasteiger partial charge in [-0.25, -0.2) is 0 Å². The number of hydrogen-bond donors (Lipinski definition) is 1. The first-order valence-electron chi connectivity index (χ1n) is 6.46. The van der Waals surface area contributed by atoms with E-state index in [1.165, 1.54) is 26.0 Å². The second-order valence-corrected chi connectivity index (χ2v) is 5.74. The number of benzene rings is 2. The van der Waals surface area contributed by atoms with Crippen LogP contribution in [0.15, 0.2) is 48.5 Å². The average molecular weight is 303 g/mol. The van der Waals surface area contributed by atoms with Crippen LogP contribution in [0.3, 0.4) is 0 Å². The molecule has 2 rings (SSSR count). The molecule has 0 atom stereocenters. The molecule has 0 aliphatic carbocycles. The Morgan fingerprint density at radius 2 is 1.52 bits per heavy atom. The molecule has 0 unspecified atom stereocenters. The lowest BCUT2D eigenvalue weighted by molar-refractivity contribution is 0.0488. The summed E-state index contributed by atoms with van der Waals surface area (Å²) in [6, 6.07) is 12.9. The van der Waals surface area contributed by atoms with E-state index in [0.29, 0.717) is 21.7 Å². The van der Waals surface area contributed by atoms with Crippen molar-refractivity contribution in [3.05, 3.63) is 70.2 Å². The maximum atomic E-state index is 12.3. The van der Waals surface area contributed by atoms with E-state index in [9.17, 15) is 14.7 Å². The molecule has 0 aliphatic rings. The summed E-state index contributed by atoms with van der Waals surface area (Å²) < 4.78 is 0. The van der Waals surface area contributed by atoms with Gasteiger partial charge in [0.05, 0.1) is 0 Å². The van der Waals surface area contributed by atoms with Gasteiger partial charge in [0.1, 0.15) is 5.60 Å². The summed E-state index contributed by atoms with van der Waals surface area (Å²) in [5, 5.41) is 10.2. The SMILES string of the molecule is CC(C)(O)C(=O)c1ccc(C(=O)c2cccc(Cl)c2)cc1. The zero-order valence-corrected chi connectivity index (χ0v) is 12.5. The van der Waals surface area contributed by atoms with Crippen molar-refractivity contribution >= 4 is 23.2 Å². The van der Waals surface area contributed by atoms with Crippen LogP contribution >= 0.6 is 11.6 Å². The molecule has 0 aliphatic heterocycles. The molecule has 0 radical (unpaired) electrons. The van der Waals surface area contributed by atoms with Crippen LogP contribution in [-0.4, -0.2) is 22.3 Å². The van der Waals surface area contributed by atoms with E-state index in [1.54, 1.807) is 36.4 Å². The van der Waals surface area contributed by atoms with Crippen LogP contribution in [-0.2, 0) is 0 Å². The largest absolute Gasteiger partial charge is 0.382 e. The molecule has 2 aromatic rings. The van der Waals surface area contributed by atoms with Gasteiger partial charge in [0.25, 0.3) is 0 Å². The van der Waals surface area contributed by atoms with E-state index in [1.807, 2.05) is 0 Å². The molecule has 1 N–H and O–H groups in total. The number of carbonyl (C=O) groups excluding carboxylic acids is 2. The van der Waals surface area contributed by atoms with E-state index in [0.717, 1.165) is 0 Å². The summed E-state index contributed by atoms with van der Waals surface area (Å²) in [5.74, 6) is -0.552. The van der Waals surface area contributed by atoms with Gasteiger partial charge in [-0.15, -0.1) is 0 Å². The zero-order valence-electron chi connectivity index (χ0n) is 11.8. The van der Waals surface area contributed by atoms with Crippen LogP contribution < -0.4 is 0 Å². The van der Waals surface area contributed by atoms with Crippen LogP contribution in [0.25, 0.3) is 0 Å². The molecule has 0 spiro atoms. The number of halogens is 1. The highest BCUT2D eigenvalue weighted by molar-refractivity contribution is 6.31. The van der Waals surface area contributed by atoms with Crippen molar-refractivity contribution in [1.82, 2.24) is 0 Å². The minimum absolute atomic E-state index is 0.167. The molecule has 2 aromatic carbocycles. The Morgan fingerprint density at radius 1 is 0.952 bits per heavy atom. The Labute approximate surface area is 128 Å². The Kier molecular flexibility index (Phi) is 4.26. The molecular formula is C17H15ClO3. The summed E-state index contributed by atoms with van der Waals surface area (Å²) in [4.78, 5) is 24.2. The summed E-state index contributed by atoms with van der Waals surface area (Å²) in [6.45, 7) is 2.86. The number of rotatable bonds is 4. The minimum atomic E-state index is -1.43. The van der Waals surface area contributed by atoms with Crippen molar-refractivity contribution in [3.8, 4) is 0 Å². The van der Waals surface area contributed by atoms with Crippen molar-refractivity contribution < 1.29 is 14.7 Å². The van der Waals surface area contributed by atoms with Gasteiger partial charge in [0, 0.05) is 21.7 Å². The Morgan fingerprint density at radius 3 is 2.05 bits per heavy atom. The number of aliphatic hydroxyl groups is 1. The minimum Gasteiger partial charge on any atom is -0.382 e. The fourth-order valence-electron chi connectivity index (χ4n) is 1.92. The molecule has 0 saturated carbocycles. The molecule has 0 heterocycles. The molecule has 0 amide bonds. The molecule has 21 heavy (non-hydrogen) atoms. The lowest BCUT2D eigenvalue weighted by Crippen LogP contribution is -2.31. The molecule has 0 fully saturated rings. The molecule has 108 valence electrons. The standard InChI is InChI=1S/C17H15ClO3/c1-17(2,21)16(20)12-8-6-11(7-9-12)15(19)13-4-3-5-14(18)10-13/h3-10,21H,1-2H3. The molecule has 4 heteroatoms. The van der Waals surface area contributed by atoms with Gasteiger partial charge in [0.15, 0.2) is 11.6 Å². The van der Waals surface area contributed by atoms with Crippen molar-refractivity contribution in [3.63, 3.8) is 0 Å². The first-order valence-corrected chi connectivity index (χ1v) is 6.84. The predicted octanol–water partition coefficient (Wildman–Crippen LogP) is 3.52. The van der Waals surface area contributed by atoms with Crippen molar-refractivity contribution in [1.29, 1.82) is 0 Å². The van der Waals surface area contributed by atoms with Crippen LogP contribution in [0.2, 0.25) is 5.02 Å². The number of carbonyl (C=O) groups is 2. The van der Waals surface area contributed by atoms with Gasteiger partial charge in [-0.3, -0.25) is 9.59 Å².